The fraction of sp³-hybridized carbons (Fsp3) is 0.467. The molecule has 0 spiro atoms. The van der Waals surface area contributed by atoms with Gasteiger partial charge in [0.2, 0.25) is 0 Å². The van der Waals surface area contributed by atoms with E-state index in [1.807, 2.05) is 11.8 Å². The Labute approximate surface area is 126 Å². The Kier molecular flexibility index (Phi) is 5.07. The van der Waals surface area contributed by atoms with Gasteiger partial charge in [-0.3, -0.25) is 14.5 Å². The number of rotatable bonds is 6. The zero-order valence-corrected chi connectivity index (χ0v) is 12.2. The molecule has 120 valence electrons. The number of likely N-dealkylation sites (N-methyl/N-ethyl adjacent to an activating group) is 1. The van der Waals surface area contributed by atoms with E-state index in [9.17, 15) is 18.4 Å². The van der Waals surface area contributed by atoms with Gasteiger partial charge in [0.15, 0.2) is 11.6 Å². The molecule has 22 heavy (non-hydrogen) atoms. The third kappa shape index (κ3) is 3.79. The van der Waals surface area contributed by atoms with Crippen LogP contribution in [0.25, 0.3) is 0 Å². The van der Waals surface area contributed by atoms with E-state index in [-0.39, 0.29) is 24.2 Å². The Morgan fingerprint density at radius 2 is 2.00 bits per heavy atom. The lowest BCUT2D eigenvalue weighted by molar-refractivity contribution is -0.139. The molecule has 0 saturated heterocycles. The molecule has 0 aliphatic heterocycles. The third-order valence-electron chi connectivity index (χ3n) is 3.89. The van der Waals surface area contributed by atoms with Crippen molar-refractivity contribution in [2.75, 3.05) is 13.1 Å². The molecule has 1 fully saturated rings. The molecule has 1 saturated carbocycles. The molecule has 0 radical (unpaired) electrons. The van der Waals surface area contributed by atoms with Crippen molar-refractivity contribution in [1.29, 1.82) is 0 Å². The second-order valence-electron chi connectivity index (χ2n) is 5.38. The molecule has 1 aliphatic carbocycles. The van der Waals surface area contributed by atoms with E-state index in [0.717, 1.165) is 12.1 Å². The predicted molar refractivity (Wildman–Crippen MR) is 75.5 cm³/mol. The molecule has 0 unspecified atom stereocenters. The minimum atomic E-state index is -1.06. The van der Waals surface area contributed by atoms with Crippen molar-refractivity contribution in [2.45, 2.75) is 31.8 Å². The second kappa shape index (κ2) is 6.83. The summed E-state index contributed by atoms with van der Waals surface area (Å²) in [7, 11) is 0. The van der Waals surface area contributed by atoms with Crippen LogP contribution in [0.5, 0.6) is 0 Å². The van der Waals surface area contributed by atoms with Gasteiger partial charge in [-0.1, -0.05) is 6.92 Å². The number of amides is 1. The van der Waals surface area contributed by atoms with Gasteiger partial charge in [0.25, 0.3) is 5.91 Å². The van der Waals surface area contributed by atoms with Crippen molar-refractivity contribution in [3.8, 4) is 0 Å². The van der Waals surface area contributed by atoms with Crippen LogP contribution in [-0.4, -0.2) is 47.1 Å². The average Bonchev–Trinajstić information content (AvgIpc) is 2.42. The molecule has 2 rings (SSSR count). The van der Waals surface area contributed by atoms with Crippen molar-refractivity contribution in [1.82, 2.24) is 10.2 Å². The molecule has 5 nitrogen and oxygen atoms in total. The van der Waals surface area contributed by atoms with Crippen LogP contribution in [-0.2, 0) is 4.79 Å². The molecule has 0 heterocycles. The predicted octanol–water partition coefficient (Wildman–Crippen LogP) is 1.63. The topological polar surface area (TPSA) is 69.6 Å². The molecule has 0 atom stereocenters. The summed E-state index contributed by atoms with van der Waals surface area (Å²) >= 11 is 0. The van der Waals surface area contributed by atoms with E-state index in [1.54, 1.807) is 0 Å². The Hall–Kier alpha value is -2.02. The molecule has 0 bridgehead atoms. The van der Waals surface area contributed by atoms with Gasteiger partial charge in [0.05, 0.1) is 6.54 Å². The van der Waals surface area contributed by atoms with Crippen LogP contribution in [0.3, 0.4) is 0 Å². The van der Waals surface area contributed by atoms with Crippen molar-refractivity contribution in [3.05, 3.63) is 35.4 Å². The fourth-order valence-corrected chi connectivity index (χ4v) is 2.58. The smallest absolute Gasteiger partial charge is 0.317 e. The molecule has 7 heteroatoms. The van der Waals surface area contributed by atoms with Gasteiger partial charge in [-0.2, -0.15) is 0 Å². The van der Waals surface area contributed by atoms with Crippen LogP contribution in [0, 0.1) is 11.6 Å². The number of carboxylic acid groups (broad SMARTS) is 1. The van der Waals surface area contributed by atoms with Gasteiger partial charge in [0.1, 0.15) is 0 Å². The Bertz CT molecular complexity index is 574. The molecule has 1 aliphatic rings. The van der Waals surface area contributed by atoms with E-state index in [2.05, 4.69) is 5.32 Å². The van der Waals surface area contributed by atoms with Gasteiger partial charge < -0.3 is 10.4 Å². The van der Waals surface area contributed by atoms with Crippen LogP contribution in [0.1, 0.15) is 30.1 Å². The highest BCUT2D eigenvalue weighted by molar-refractivity contribution is 5.94. The number of nitrogens with one attached hydrogen (secondary N) is 1. The third-order valence-corrected chi connectivity index (χ3v) is 3.89. The van der Waals surface area contributed by atoms with E-state index in [1.165, 1.54) is 6.07 Å². The molecule has 0 aromatic heterocycles. The summed E-state index contributed by atoms with van der Waals surface area (Å²) in [5, 5.41) is 11.6. The van der Waals surface area contributed by atoms with Crippen LogP contribution in [0.4, 0.5) is 8.78 Å². The lowest BCUT2D eigenvalue weighted by Gasteiger charge is -2.42. The summed E-state index contributed by atoms with van der Waals surface area (Å²) < 4.78 is 25.9. The van der Waals surface area contributed by atoms with Gasteiger partial charge in [-0.15, -0.1) is 0 Å². The Morgan fingerprint density at radius 3 is 2.55 bits per heavy atom. The maximum atomic E-state index is 13.1. The van der Waals surface area contributed by atoms with E-state index < -0.39 is 23.5 Å². The van der Waals surface area contributed by atoms with E-state index in [4.69, 9.17) is 5.11 Å². The Morgan fingerprint density at radius 1 is 1.32 bits per heavy atom. The zero-order valence-electron chi connectivity index (χ0n) is 12.2. The summed E-state index contributed by atoms with van der Waals surface area (Å²) in [6, 6.07) is 3.06. The molecule has 1 amide bonds. The van der Waals surface area contributed by atoms with E-state index >= 15 is 0 Å². The average molecular weight is 312 g/mol. The normalized spacial score (nSPS) is 20.5. The quantitative estimate of drug-likeness (QED) is 0.838. The number of halogens is 2. The van der Waals surface area contributed by atoms with Crippen molar-refractivity contribution in [2.24, 2.45) is 0 Å². The fourth-order valence-electron chi connectivity index (χ4n) is 2.58. The number of carboxylic acids is 1. The van der Waals surface area contributed by atoms with Gasteiger partial charge in [-0.05, 0) is 37.6 Å². The number of carbonyl (C=O) groups excluding carboxylic acids is 1. The summed E-state index contributed by atoms with van der Waals surface area (Å²) in [5.74, 6) is -3.38. The number of benzene rings is 1. The van der Waals surface area contributed by atoms with Gasteiger partial charge in [-0.25, -0.2) is 8.78 Å². The number of aliphatic carboxylic acids is 1. The van der Waals surface area contributed by atoms with Crippen molar-refractivity contribution >= 4 is 11.9 Å². The molecular weight excluding hydrogens is 294 g/mol. The SMILES string of the molecule is CCN(CC(=O)O)C1CC(NC(=O)c2ccc(F)c(F)c2)C1. The summed E-state index contributed by atoms with van der Waals surface area (Å²) in [6.45, 7) is 2.49. The minimum Gasteiger partial charge on any atom is -0.480 e. The van der Waals surface area contributed by atoms with Crippen LogP contribution >= 0.6 is 0 Å². The monoisotopic (exact) mass is 312 g/mol. The molecular formula is C15H18F2N2O3. The van der Waals surface area contributed by atoms with Crippen molar-refractivity contribution < 1.29 is 23.5 Å². The molecule has 1 aromatic rings. The summed E-state index contributed by atoms with van der Waals surface area (Å²) in [6.07, 6.45) is 1.30. The summed E-state index contributed by atoms with van der Waals surface area (Å²) in [4.78, 5) is 24.5. The van der Waals surface area contributed by atoms with Gasteiger partial charge >= 0.3 is 5.97 Å². The highest BCUT2D eigenvalue weighted by atomic mass is 19.2. The first-order valence-electron chi connectivity index (χ1n) is 7.12. The maximum absolute atomic E-state index is 13.1. The second-order valence-corrected chi connectivity index (χ2v) is 5.38. The van der Waals surface area contributed by atoms with Gasteiger partial charge in [0, 0.05) is 17.6 Å². The standard InChI is InChI=1S/C15H18F2N2O3/c1-2-19(8-14(20)21)11-6-10(7-11)18-15(22)9-3-4-12(16)13(17)5-9/h3-5,10-11H,2,6-8H2,1H3,(H,18,22)(H,20,21). The maximum Gasteiger partial charge on any atom is 0.317 e. The number of nitrogens with zero attached hydrogens (tertiary/aromatic N) is 1. The Balaban J connectivity index is 1.85. The molecule has 1 aromatic carbocycles. The highest BCUT2D eigenvalue weighted by Crippen LogP contribution is 2.26. The zero-order chi connectivity index (χ0) is 16.3. The first-order chi connectivity index (χ1) is 10.4. The number of carbonyl (C=O) groups is 2. The minimum absolute atomic E-state index is 0.0228. The van der Waals surface area contributed by atoms with Crippen LogP contribution < -0.4 is 5.32 Å². The largest absolute Gasteiger partial charge is 0.480 e. The van der Waals surface area contributed by atoms with Crippen LogP contribution in [0.2, 0.25) is 0 Å². The van der Waals surface area contributed by atoms with Crippen LogP contribution in [0.15, 0.2) is 18.2 Å². The first-order valence-corrected chi connectivity index (χ1v) is 7.12. The van der Waals surface area contributed by atoms with E-state index in [0.29, 0.717) is 19.4 Å². The number of hydrogen-bond donors (Lipinski definition) is 2. The first kappa shape index (κ1) is 16.4. The molecule has 2 N–H and O–H groups in total. The lowest BCUT2D eigenvalue weighted by Crippen LogP contribution is -2.54. The lowest BCUT2D eigenvalue weighted by atomic mass is 9.85. The van der Waals surface area contributed by atoms with Crippen molar-refractivity contribution in [3.63, 3.8) is 0 Å². The number of hydrogen-bond acceptors (Lipinski definition) is 3. The highest BCUT2D eigenvalue weighted by Gasteiger charge is 2.34. The summed E-state index contributed by atoms with van der Waals surface area (Å²) in [5.41, 5.74) is 0.0697.